The Bertz CT molecular complexity index is 363. The van der Waals surface area contributed by atoms with Crippen LogP contribution in [-0.2, 0) is 6.42 Å². The highest BCUT2D eigenvalue weighted by Crippen LogP contribution is 2.19. The molecule has 0 bridgehead atoms. The highest BCUT2D eigenvalue weighted by molar-refractivity contribution is 5.48. The van der Waals surface area contributed by atoms with Crippen LogP contribution in [0.1, 0.15) is 18.9 Å². The molecule has 1 aromatic rings. The average Bonchev–Trinajstić information content (AvgIpc) is 2.60. The molecule has 1 heterocycles. The van der Waals surface area contributed by atoms with Gasteiger partial charge in [-0.15, -0.1) is 0 Å². The zero-order valence-corrected chi connectivity index (χ0v) is 11.5. The molecule has 0 saturated carbocycles. The first-order valence-corrected chi connectivity index (χ1v) is 6.89. The van der Waals surface area contributed by atoms with E-state index in [1.807, 2.05) is 0 Å². The van der Waals surface area contributed by atoms with Gasteiger partial charge in [-0.05, 0) is 44.1 Å². The van der Waals surface area contributed by atoms with Crippen molar-refractivity contribution in [2.24, 2.45) is 0 Å². The summed E-state index contributed by atoms with van der Waals surface area (Å²) in [4.78, 5) is 4.66. The molecule has 3 nitrogen and oxygen atoms in total. The summed E-state index contributed by atoms with van der Waals surface area (Å²) < 4.78 is 0. The first-order chi connectivity index (χ1) is 8.74. The summed E-state index contributed by atoms with van der Waals surface area (Å²) in [5.41, 5.74) is 2.66. The Labute approximate surface area is 110 Å². The summed E-state index contributed by atoms with van der Waals surface area (Å²) in [5, 5.41) is 9.46. The van der Waals surface area contributed by atoms with Gasteiger partial charge in [0.1, 0.15) is 0 Å². The lowest BCUT2D eigenvalue weighted by Gasteiger charge is -2.28. The maximum atomic E-state index is 9.46. The molecule has 0 aromatic heterocycles. The predicted molar refractivity (Wildman–Crippen MR) is 76.2 cm³/mol. The van der Waals surface area contributed by atoms with Gasteiger partial charge >= 0.3 is 0 Å². The number of hydrogen-bond acceptors (Lipinski definition) is 3. The fourth-order valence-corrected chi connectivity index (χ4v) is 2.55. The van der Waals surface area contributed by atoms with Gasteiger partial charge in [-0.3, -0.25) is 4.90 Å². The van der Waals surface area contributed by atoms with Crippen molar-refractivity contribution in [2.75, 3.05) is 38.2 Å². The minimum atomic E-state index is 0.236. The molecule has 1 unspecified atom stereocenters. The molecule has 1 aliphatic heterocycles. The van der Waals surface area contributed by atoms with Crippen molar-refractivity contribution in [2.45, 2.75) is 25.8 Å². The van der Waals surface area contributed by atoms with E-state index in [0.717, 1.165) is 32.5 Å². The van der Waals surface area contributed by atoms with Gasteiger partial charge in [0.25, 0.3) is 0 Å². The Balaban J connectivity index is 2.10. The standard InChI is InChI=1S/C15H24N2O/c1-3-13-5-7-14(8-6-13)17-10-4-9-16(2)15(11-17)12-18/h5-8,15,18H,3-4,9-12H2,1-2H3. The van der Waals surface area contributed by atoms with Gasteiger partial charge in [-0.1, -0.05) is 19.1 Å². The number of benzene rings is 1. The van der Waals surface area contributed by atoms with Gasteiger partial charge in [-0.2, -0.15) is 0 Å². The van der Waals surface area contributed by atoms with Crippen LogP contribution < -0.4 is 4.90 Å². The second-order valence-electron chi connectivity index (χ2n) is 5.14. The minimum absolute atomic E-state index is 0.236. The van der Waals surface area contributed by atoms with E-state index in [2.05, 4.69) is 48.0 Å². The summed E-state index contributed by atoms with van der Waals surface area (Å²) >= 11 is 0. The molecular weight excluding hydrogens is 224 g/mol. The zero-order valence-electron chi connectivity index (χ0n) is 11.5. The smallest absolute Gasteiger partial charge is 0.0603 e. The number of nitrogens with zero attached hydrogens (tertiary/aromatic N) is 2. The van der Waals surface area contributed by atoms with Gasteiger partial charge < -0.3 is 10.0 Å². The molecule has 1 aromatic carbocycles. The lowest BCUT2D eigenvalue weighted by molar-refractivity contribution is 0.159. The van der Waals surface area contributed by atoms with Crippen molar-refractivity contribution in [1.29, 1.82) is 0 Å². The summed E-state index contributed by atoms with van der Waals surface area (Å²) in [6.45, 7) is 5.47. The van der Waals surface area contributed by atoms with E-state index in [1.54, 1.807) is 0 Å². The molecule has 1 atom stereocenters. The van der Waals surface area contributed by atoms with E-state index in [4.69, 9.17) is 0 Å². The van der Waals surface area contributed by atoms with Crippen molar-refractivity contribution in [1.82, 2.24) is 4.90 Å². The first kappa shape index (κ1) is 13.4. The molecule has 3 heteroatoms. The van der Waals surface area contributed by atoms with E-state index < -0.39 is 0 Å². The van der Waals surface area contributed by atoms with Crippen LogP contribution in [0.15, 0.2) is 24.3 Å². The Morgan fingerprint density at radius 3 is 2.56 bits per heavy atom. The highest BCUT2D eigenvalue weighted by Gasteiger charge is 2.21. The van der Waals surface area contributed by atoms with Gasteiger partial charge in [0, 0.05) is 24.8 Å². The molecule has 0 spiro atoms. The number of aryl methyl sites for hydroxylation is 1. The Kier molecular flexibility index (Phi) is 4.61. The largest absolute Gasteiger partial charge is 0.395 e. The lowest BCUT2D eigenvalue weighted by Crippen LogP contribution is -2.41. The fraction of sp³-hybridized carbons (Fsp3) is 0.600. The molecule has 1 fully saturated rings. The normalized spacial score (nSPS) is 21.9. The van der Waals surface area contributed by atoms with E-state index in [9.17, 15) is 5.11 Å². The molecule has 1 N–H and O–H groups in total. The van der Waals surface area contributed by atoms with E-state index in [-0.39, 0.29) is 12.6 Å². The Morgan fingerprint density at radius 1 is 1.22 bits per heavy atom. The quantitative estimate of drug-likeness (QED) is 0.883. The number of likely N-dealkylation sites (N-methyl/N-ethyl adjacent to an activating group) is 1. The monoisotopic (exact) mass is 248 g/mol. The number of hydrogen-bond donors (Lipinski definition) is 1. The maximum Gasteiger partial charge on any atom is 0.0603 e. The average molecular weight is 248 g/mol. The van der Waals surface area contributed by atoms with Crippen molar-refractivity contribution in [3.05, 3.63) is 29.8 Å². The number of anilines is 1. The molecule has 2 rings (SSSR count). The second-order valence-corrected chi connectivity index (χ2v) is 5.14. The number of aliphatic hydroxyl groups is 1. The van der Waals surface area contributed by atoms with Crippen molar-refractivity contribution < 1.29 is 5.11 Å². The topological polar surface area (TPSA) is 26.7 Å². The van der Waals surface area contributed by atoms with Crippen LogP contribution in [0.2, 0.25) is 0 Å². The summed E-state index contributed by atoms with van der Waals surface area (Å²) in [6, 6.07) is 9.07. The fourth-order valence-electron chi connectivity index (χ4n) is 2.55. The summed E-state index contributed by atoms with van der Waals surface area (Å²) in [7, 11) is 2.10. The molecule has 0 amide bonds. The molecule has 1 aliphatic rings. The van der Waals surface area contributed by atoms with Crippen LogP contribution in [-0.4, -0.2) is 49.3 Å². The maximum absolute atomic E-state index is 9.46. The van der Waals surface area contributed by atoms with Crippen molar-refractivity contribution in [3.63, 3.8) is 0 Å². The number of aliphatic hydroxyl groups excluding tert-OH is 1. The summed E-state index contributed by atoms with van der Waals surface area (Å²) in [5.74, 6) is 0. The summed E-state index contributed by atoms with van der Waals surface area (Å²) in [6.07, 6.45) is 2.24. The second kappa shape index (κ2) is 6.21. The van der Waals surface area contributed by atoms with Crippen LogP contribution in [0.3, 0.4) is 0 Å². The Hall–Kier alpha value is -1.06. The molecule has 0 radical (unpaired) electrons. The first-order valence-electron chi connectivity index (χ1n) is 6.89. The minimum Gasteiger partial charge on any atom is -0.395 e. The predicted octanol–water partition coefficient (Wildman–Crippen LogP) is 1.75. The van der Waals surface area contributed by atoms with Crippen LogP contribution in [0.25, 0.3) is 0 Å². The molecule has 1 saturated heterocycles. The van der Waals surface area contributed by atoms with Crippen LogP contribution in [0.4, 0.5) is 5.69 Å². The van der Waals surface area contributed by atoms with Crippen molar-refractivity contribution >= 4 is 5.69 Å². The highest BCUT2D eigenvalue weighted by atomic mass is 16.3. The molecule has 18 heavy (non-hydrogen) atoms. The lowest BCUT2D eigenvalue weighted by atomic mass is 10.1. The molecule has 100 valence electrons. The van der Waals surface area contributed by atoms with Gasteiger partial charge in [-0.25, -0.2) is 0 Å². The van der Waals surface area contributed by atoms with Crippen LogP contribution in [0.5, 0.6) is 0 Å². The van der Waals surface area contributed by atoms with E-state index >= 15 is 0 Å². The van der Waals surface area contributed by atoms with Gasteiger partial charge in [0.05, 0.1) is 6.61 Å². The third kappa shape index (κ3) is 3.03. The van der Waals surface area contributed by atoms with Gasteiger partial charge in [0.15, 0.2) is 0 Å². The van der Waals surface area contributed by atoms with Gasteiger partial charge in [0.2, 0.25) is 0 Å². The third-order valence-electron chi connectivity index (χ3n) is 3.91. The van der Waals surface area contributed by atoms with Crippen LogP contribution >= 0.6 is 0 Å². The Morgan fingerprint density at radius 2 is 1.94 bits per heavy atom. The van der Waals surface area contributed by atoms with E-state index in [0.29, 0.717) is 0 Å². The van der Waals surface area contributed by atoms with Crippen LogP contribution in [0, 0.1) is 0 Å². The third-order valence-corrected chi connectivity index (χ3v) is 3.91. The zero-order chi connectivity index (χ0) is 13.0. The number of rotatable bonds is 3. The van der Waals surface area contributed by atoms with E-state index in [1.165, 1.54) is 11.3 Å². The molecule has 0 aliphatic carbocycles. The van der Waals surface area contributed by atoms with Crippen molar-refractivity contribution in [3.8, 4) is 0 Å². The molecular formula is C15H24N2O. The SMILES string of the molecule is CCc1ccc(N2CCCN(C)C(CO)C2)cc1.